The van der Waals surface area contributed by atoms with Crippen LogP contribution in [0.3, 0.4) is 0 Å². The molecule has 3 aliphatic heterocycles. The van der Waals surface area contributed by atoms with E-state index in [2.05, 4.69) is 130 Å². The molecule has 4 aromatic rings. The highest BCUT2D eigenvalue weighted by molar-refractivity contribution is 7.98. The summed E-state index contributed by atoms with van der Waals surface area (Å²) in [6.07, 6.45) is 8.76. The van der Waals surface area contributed by atoms with Gasteiger partial charge in [-0.25, -0.2) is 14.2 Å². The lowest BCUT2D eigenvalue weighted by molar-refractivity contribution is 0.232. The molecule has 9 nitrogen and oxygen atoms in total. The number of hydrogen-bond acceptors (Lipinski definition) is 7. The first kappa shape index (κ1) is 55.8. The molecule has 0 radical (unpaired) electrons. The molecule has 3 aromatic carbocycles. The smallest absolute Gasteiger partial charge is 0.228 e. The minimum Gasteiger partial charge on any atom is -0.490 e. The molecule has 0 saturated carbocycles. The van der Waals surface area contributed by atoms with E-state index in [0.29, 0.717) is 75.6 Å². The predicted octanol–water partition coefficient (Wildman–Crippen LogP) is 13.5. The van der Waals surface area contributed by atoms with E-state index >= 15 is 0 Å². The van der Waals surface area contributed by atoms with Crippen molar-refractivity contribution in [2.24, 2.45) is 10.3 Å². The summed E-state index contributed by atoms with van der Waals surface area (Å²) in [5.41, 5.74) is 13.3. The van der Waals surface area contributed by atoms with Gasteiger partial charge >= 0.3 is 0 Å². The van der Waals surface area contributed by atoms with E-state index in [4.69, 9.17) is 54.9 Å². The van der Waals surface area contributed by atoms with Gasteiger partial charge in [0.15, 0.2) is 0 Å². The average molecular weight is 1050 g/mol. The van der Waals surface area contributed by atoms with Crippen molar-refractivity contribution in [3.05, 3.63) is 169 Å². The molecule has 6 bridgehead atoms. The number of alkyl halides is 1. The third kappa shape index (κ3) is 13.2. The van der Waals surface area contributed by atoms with Crippen molar-refractivity contribution in [1.82, 2.24) is 15.3 Å². The highest BCUT2D eigenvalue weighted by atomic mass is 35.5. The monoisotopic (exact) mass is 1040 g/mol. The maximum Gasteiger partial charge on any atom is 0.228 e. The van der Waals surface area contributed by atoms with Crippen LogP contribution in [-0.2, 0) is 51.0 Å². The number of nitriles is 1. The molecule has 4 aliphatic rings. The number of halogens is 2. The summed E-state index contributed by atoms with van der Waals surface area (Å²) >= 11 is 18.6. The molecule has 72 heavy (non-hydrogen) atoms. The fourth-order valence-electron chi connectivity index (χ4n) is 9.50. The summed E-state index contributed by atoms with van der Waals surface area (Å²) < 4.78 is 29.6. The van der Waals surface area contributed by atoms with Gasteiger partial charge in [-0.05, 0) is 152 Å². The first-order chi connectivity index (χ1) is 34.0. The molecule has 2 atom stereocenters. The van der Waals surface area contributed by atoms with Crippen LogP contribution in [0.1, 0.15) is 131 Å². The summed E-state index contributed by atoms with van der Waals surface area (Å²) in [6.45, 7) is 28.2. The zero-order chi connectivity index (χ0) is 52.7. The van der Waals surface area contributed by atoms with E-state index < -0.39 is 9.71 Å². The zero-order valence-corrected chi connectivity index (χ0v) is 46.9. The Bertz CT molecular complexity index is 3030. The van der Waals surface area contributed by atoms with Crippen molar-refractivity contribution in [3.63, 3.8) is 0 Å². The Morgan fingerprint density at radius 2 is 1.72 bits per heavy atom. The highest BCUT2D eigenvalue weighted by Gasteiger charge is 2.35. The zero-order valence-electron chi connectivity index (χ0n) is 43.7. The molecule has 0 fully saturated rings. The van der Waals surface area contributed by atoms with Gasteiger partial charge in [0, 0.05) is 28.7 Å². The van der Waals surface area contributed by atoms with Crippen LogP contribution in [0.4, 0.5) is 5.95 Å². The number of nitrogens with zero attached hydrogens (tertiary/aromatic N) is 4. The average Bonchev–Trinajstić information content (AvgIpc) is 3.33. The number of rotatable bonds is 13. The molecule has 13 heteroatoms. The van der Waals surface area contributed by atoms with Crippen molar-refractivity contribution in [2.45, 2.75) is 118 Å². The SMILES string of the molecule is C=C(COc1ccc(C(C)(C)C2=CC(Cl)=C(OCCCl)C(=C)C2C)cc1)/C(C)=C(\N/C(C)=N\S(=C)(C)=O)c1nc2nc(c1C)CCc1ccc(cc1)C(C)(C)c1cc(C#N)c(c(CC)c1)CCCCC(=S)N2. The number of aryl methyl sites for hydroxylation is 3. The standard InChI is InChI=1S/C59H70Cl2N6O3S2/c1-14-43-31-47-32-44(34-62)49(43)17-15-16-18-53(71)65-57-64-52(28-21-42-19-22-45(23-20-42)58(47,8)9)40(6)55(66-57)54(63-41(7)67-72(12,13)68)37(3)36(2)35-70-48-26-24-46(25-27-48)59(10,11)50-33-51(61)56(69-30-29-60)39(5)38(50)4/h19-20,22-27,31-33,38H,2,5,12,14-18,21,28-30,35H2,1,3-4,6-11,13H3,(H,63,67,68)(H,64,65,66,71)/b54-37-. The lowest BCUT2D eigenvalue weighted by Crippen LogP contribution is -2.28. The molecule has 8 rings (SSSR count). The van der Waals surface area contributed by atoms with Gasteiger partial charge in [0.05, 0.1) is 48.6 Å². The molecule has 0 saturated heterocycles. The fraction of sp³-hybridized carbons (Fsp3) is 0.390. The van der Waals surface area contributed by atoms with E-state index in [9.17, 15) is 9.47 Å². The van der Waals surface area contributed by atoms with Crippen molar-refractivity contribution in [3.8, 4) is 11.8 Å². The van der Waals surface area contributed by atoms with E-state index in [1.807, 2.05) is 32.1 Å². The number of nitrogens with one attached hydrogen (secondary N) is 2. The minimum absolute atomic E-state index is 0.00110. The molecular formula is C59H70Cl2N6O3S2. The van der Waals surface area contributed by atoms with Crippen LogP contribution < -0.4 is 15.4 Å². The molecule has 0 spiro atoms. The Hall–Kier alpha value is -5.51. The van der Waals surface area contributed by atoms with Crippen molar-refractivity contribution in [2.75, 3.05) is 30.7 Å². The van der Waals surface area contributed by atoms with Crippen molar-refractivity contribution < 1.29 is 13.7 Å². The third-order valence-electron chi connectivity index (χ3n) is 14.1. The third-order valence-corrected chi connectivity index (χ3v) is 15.5. The van der Waals surface area contributed by atoms with Gasteiger partial charge in [0.25, 0.3) is 0 Å². The quantitative estimate of drug-likeness (QED) is 0.0443. The molecule has 4 heterocycles. The van der Waals surface area contributed by atoms with Gasteiger partial charge in [-0.3, -0.25) is 0 Å². The van der Waals surface area contributed by atoms with Crippen molar-refractivity contribution in [1.29, 1.82) is 5.26 Å². The summed E-state index contributed by atoms with van der Waals surface area (Å²) in [7, 11) is -2.75. The Labute approximate surface area is 444 Å². The van der Waals surface area contributed by atoms with Crippen LogP contribution >= 0.6 is 35.4 Å². The van der Waals surface area contributed by atoms with Crippen LogP contribution in [0.5, 0.6) is 5.75 Å². The van der Waals surface area contributed by atoms with Gasteiger partial charge < -0.3 is 20.1 Å². The molecule has 1 aliphatic carbocycles. The number of hydrogen-bond donors (Lipinski definition) is 2. The lowest BCUT2D eigenvalue weighted by Gasteiger charge is -2.36. The maximum atomic E-state index is 12.9. The largest absolute Gasteiger partial charge is 0.490 e. The second kappa shape index (κ2) is 23.6. The summed E-state index contributed by atoms with van der Waals surface area (Å²) in [6, 6.07) is 23.8. The lowest BCUT2D eigenvalue weighted by atomic mass is 9.69. The van der Waals surface area contributed by atoms with E-state index in [-0.39, 0.29) is 23.4 Å². The molecular weight excluding hydrogens is 976 g/mol. The molecule has 2 N–H and O–H groups in total. The van der Waals surface area contributed by atoms with Crippen LogP contribution in [0, 0.1) is 24.2 Å². The van der Waals surface area contributed by atoms with Gasteiger partial charge in [-0.15, -0.1) is 11.6 Å². The Kier molecular flexibility index (Phi) is 18.3. The maximum absolute atomic E-state index is 12.9. The summed E-state index contributed by atoms with van der Waals surface area (Å²) in [5.74, 6) is 6.18. The van der Waals surface area contributed by atoms with Gasteiger partial charge in [-0.2, -0.15) is 9.66 Å². The van der Waals surface area contributed by atoms with Crippen LogP contribution in [0.2, 0.25) is 0 Å². The first-order valence-corrected chi connectivity index (χ1v) is 28.0. The van der Waals surface area contributed by atoms with Crippen molar-refractivity contribution >= 4 is 73.5 Å². The van der Waals surface area contributed by atoms with Crippen LogP contribution in [0.25, 0.3) is 5.70 Å². The summed E-state index contributed by atoms with van der Waals surface area (Å²) in [4.78, 5) is 10.8. The van der Waals surface area contributed by atoms with E-state index in [0.717, 1.165) is 87.9 Å². The number of allylic oxidation sites excluding steroid dienone is 4. The number of amidine groups is 1. The number of thiocarbonyl (C=S) groups is 1. The minimum atomic E-state index is -2.75. The number of ether oxygens (including phenoxy) is 2. The van der Waals surface area contributed by atoms with Gasteiger partial charge in [0.2, 0.25) is 5.95 Å². The predicted molar refractivity (Wildman–Crippen MR) is 307 cm³/mol. The topological polar surface area (TPSA) is 122 Å². The van der Waals surface area contributed by atoms with Crippen LogP contribution in [0.15, 0.2) is 117 Å². The molecule has 380 valence electrons. The fourth-order valence-corrected chi connectivity index (χ4v) is 10.7. The van der Waals surface area contributed by atoms with E-state index in [1.54, 1.807) is 6.92 Å². The molecule has 2 unspecified atom stereocenters. The Balaban J connectivity index is 1.33. The summed E-state index contributed by atoms with van der Waals surface area (Å²) in [5, 5.41) is 17.7. The molecule has 1 aromatic heterocycles. The second-order valence-electron chi connectivity index (χ2n) is 20.0. The molecule has 0 amide bonds. The number of aromatic nitrogens is 2. The number of fused-ring (bicyclic) bond motifs is 2. The highest BCUT2D eigenvalue weighted by Crippen LogP contribution is 2.45. The van der Waals surface area contributed by atoms with Crippen LogP contribution in [-0.4, -0.2) is 56.2 Å². The Morgan fingerprint density at radius 3 is 2.36 bits per heavy atom. The second-order valence-corrected chi connectivity index (χ2v) is 23.4. The van der Waals surface area contributed by atoms with Gasteiger partial charge in [0.1, 0.15) is 30.6 Å². The van der Waals surface area contributed by atoms with Gasteiger partial charge in [-0.1, -0.05) is 127 Å². The van der Waals surface area contributed by atoms with E-state index in [1.165, 1.54) is 17.4 Å². The normalized spacial score (nSPS) is 17.8. The number of benzene rings is 3. The Morgan fingerprint density at radius 1 is 1.04 bits per heavy atom. The first-order valence-electron chi connectivity index (χ1n) is 24.6. The number of anilines is 1.